The van der Waals surface area contributed by atoms with Crippen LogP contribution in [0.5, 0.6) is 0 Å². The third-order valence-corrected chi connectivity index (χ3v) is 2.93. The van der Waals surface area contributed by atoms with Gasteiger partial charge in [0.25, 0.3) is 0 Å². The van der Waals surface area contributed by atoms with E-state index in [4.69, 9.17) is 0 Å². The Morgan fingerprint density at radius 1 is 1.18 bits per heavy atom. The summed E-state index contributed by atoms with van der Waals surface area (Å²) in [7, 11) is 0. The summed E-state index contributed by atoms with van der Waals surface area (Å²) in [6, 6.07) is 8.38. The highest BCUT2D eigenvalue weighted by molar-refractivity contribution is 7.80. The Balaban J connectivity index is 2.45. The second kappa shape index (κ2) is 5.32. The summed E-state index contributed by atoms with van der Waals surface area (Å²) < 4.78 is 0. The van der Waals surface area contributed by atoms with Crippen LogP contribution in [0.2, 0.25) is 0 Å². The zero-order valence-corrected chi connectivity index (χ0v) is 11.0. The second-order valence-electron chi connectivity index (χ2n) is 4.15. The van der Waals surface area contributed by atoms with Gasteiger partial charge in [-0.2, -0.15) is 12.6 Å². The van der Waals surface area contributed by atoms with Crippen LogP contribution in [0.3, 0.4) is 0 Å². The number of aryl methyl sites for hydroxylation is 3. The normalized spacial score (nSPS) is 10.5. The van der Waals surface area contributed by atoms with E-state index >= 15 is 0 Å². The fourth-order valence-corrected chi connectivity index (χ4v) is 1.98. The molecule has 88 valence electrons. The predicted molar refractivity (Wildman–Crippen MR) is 74.5 cm³/mol. The molecule has 0 radical (unpaired) electrons. The molecule has 0 aliphatic rings. The minimum absolute atomic E-state index is 0.774. The molecule has 2 nitrogen and oxygen atoms in total. The van der Waals surface area contributed by atoms with Crippen molar-refractivity contribution in [2.45, 2.75) is 20.3 Å². The minimum atomic E-state index is 0.774. The van der Waals surface area contributed by atoms with E-state index in [-0.39, 0.29) is 0 Å². The maximum atomic E-state index is 4.57. The van der Waals surface area contributed by atoms with E-state index in [0.29, 0.717) is 0 Å². The summed E-state index contributed by atoms with van der Waals surface area (Å²) in [4.78, 5) is 8.82. The van der Waals surface area contributed by atoms with Crippen molar-refractivity contribution in [1.82, 2.24) is 9.97 Å². The molecule has 1 aromatic carbocycles. The molecular weight excluding hydrogens is 228 g/mol. The molecule has 1 aromatic heterocycles. The lowest BCUT2D eigenvalue weighted by atomic mass is 10.0. The fourth-order valence-electron chi connectivity index (χ4n) is 1.78. The van der Waals surface area contributed by atoms with E-state index in [9.17, 15) is 0 Å². The van der Waals surface area contributed by atoms with Crippen LogP contribution in [-0.2, 0) is 6.42 Å². The van der Waals surface area contributed by atoms with Gasteiger partial charge < -0.3 is 0 Å². The second-order valence-corrected chi connectivity index (χ2v) is 4.60. The molecule has 0 N–H and O–H groups in total. The molecule has 2 rings (SSSR count). The van der Waals surface area contributed by atoms with Crippen molar-refractivity contribution in [3.63, 3.8) is 0 Å². The summed E-state index contributed by atoms with van der Waals surface area (Å²) in [6.07, 6.45) is 2.63. The van der Waals surface area contributed by atoms with Crippen molar-refractivity contribution in [2.75, 3.05) is 5.75 Å². The summed E-state index contributed by atoms with van der Waals surface area (Å²) in [5.74, 6) is 1.63. The maximum absolute atomic E-state index is 4.57. The monoisotopic (exact) mass is 244 g/mol. The van der Waals surface area contributed by atoms with Gasteiger partial charge >= 0.3 is 0 Å². The first kappa shape index (κ1) is 12.1. The molecule has 0 spiro atoms. The van der Waals surface area contributed by atoms with E-state index in [0.717, 1.165) is 23.7 Å². The van der Waals surface area contributed by atoms with Crippen molar-refractivity contribution in [1.29, 1.82) is 0 Å². The van der Waals surface area contributed by atoms with Crippen LogP contribution < -0.4 is 0 Å². The number of rotatable bonds is 3. The Kier molecular flexibility index (Phi) is 3.79. The van der Waals surface area contributed by atoms with Crippen LogP contribution in [0, 0.1) is 13.8 Å². The molecular formula is C14H16N2S. The van der Waals surface area contributed by atoms with Gasteiger partial charge in [0.05, 0.1) is 5.69 Å². The number of benzene rings is 1. The predicted octanol–water partition coefficient (Wildman–Crippen LogP) is 3.23. The van der Waals surface area contributed by atoms with Gasteiger partial charge in [0, 0.05) is 18.2 Å². The molecule has 0 amide bonds. The molecule has 0 atom stereocenters. The SMILES string of the molecule is Cc1ccc(C)c(-c2ccnc(CCS)n2)c1. The van der Waals surface area contributed by atoms with Gasteiger partial charge in [-0.25, -0.2) is 9.97 Å². The fraction of sp³-hybridized carbons (Fsp3) is 0.286. The maximum Gasteiger partial charge on any atom is 0.129 e. The van der Waals surface area contributed by atoms with E-state index in [1.165, 1.54) is 16.7 Å². The zero-order valence-electron chi connectivity index (χ0n) is 10.1. The lowest BCUT2D eigenvalue weighted by Crippen LogP contribution is -1.98. The van der Waals surface area contributed by atoms with Gasteiger partial charge in [-0.05, 0) is 37.3 Å². The Labute approximate surface area is 108 Å². The minimum Gasteiger partial charge on any atom is -0.241 e. The van der Waals surface area contributed by atoms with Crippen LogP contribution in [0.4, 0.5) is 0 Å². The van der Waals surface area contributed by atoms with E-state index in [1.54, 1.807) is 0 Å². The van der Waals surface area contributed by atoms with Crippen molar-refractivity contribution in [3.8, 4) is 11.3 Å². The average Bonchev–Trinajstić information content (AvgIpc) is 2.33. The molecule has 17 heavy (non-hydrogen) atoms. The summed E-state index contributed by atoms with van der Waals surface area (Å²) in [6.45, 7) is 4.20. The largest absolute Gasteiger partial charge is 0.241 e. The van der Waals surface area contributed by atoms with E-state index < -0.39 is 0 Å². The van der Waals surface area contributed by atoms with Crippen molar-refractivity contribution < 1.29 is 0 Å². The number of hydrogen-bond donors (Lipinski definition) is 1. The summed E-state index contributed by atoms with van der Waals surface area (Å²) >= 11 is 4.21. The zero-order chi connectivity index (χ0) is 12.3. The molecule has 0 bridgehead atoms. The van der Waals surface area contributed by atoms with E-state index in [2.05, 4.69) is 54.6 Å². The molecule has 0 saturated heterocycles. The van der Waals surface area contributed by atoms with Crippen molar-refractivity contribution in [3.05, 3.63) is 47.4 Å². The standard InChI is InChI=1S/C14H16N2S/c1-10-3-4-11(2)12(9-10)13-5-7-15-14(16-13)6-8-17/h3-5,7,9,17H,6,8H2,1-2H3. The molecule has 0 saturated carbocycles. The lowest BCUT2D eigenvalue weighted by molar-refractivity contribution is 0.952. The molecule has 2 aromatic rings. The van der Waals surface area contributed by atoms with Crippen molar-refractivity contribution in [2.24, 2.45) is 0 Å². The van der Waals surface area contributed by atoms with Crippen LogP contribution in [-0.4, -0.2) is 15.7 Å². The highest BCUT2D eigenvalue weighted by Gasteiger charge is 2.05. The molecule has 0 aliphatic carbocycles. The summed E-state index contributed by atoms with van der Waals surface area (Å²) in [5, 5.41) is 0. The van der Waals surface area contributed by atoms with Crippen LogP contribution in [0.1, 0.15) is 17.0 Å². The van der Waals surface area contributed by atoms with Crippen LogP contribution in [0.15, 0.2) is 30.5 Å². The Morgan fingerprint density at radius 3 is 2.76 bits per heavy atom. The van der Waals surface area contributed by atoms with Gasteiger partial charge in [0.1, 0.15) is 5.82 Å². The summed E-state index contributed by atoms with van der Waals surface area (Å²) in [5.41, 5.74) is 4.68. The lowest BCUT2D eigenvalue weighted by Gasteiger charge is -2.07. The number of aromatic nitrogens is 2. The van der Waals surface area contributed by atoms with Crippen LogP contribution >= 0.6 is 12.6 Å². The van der Waals surface area contributed by atoms with Gasteiger partial charge in [-0.15, -0.1) is 0 Å². The topological polar surface area (TPSA) is 25.8 Å². The van der Waals surface area contributed by atoms with Gasteiger partial charge in [0.15, 0.2) is 0 Å². The third-order valence-electron chi connectivity index (χ3n) is 2.71. The quantitative estimate of drug-likeness (QED) is 0.839. The first-order chi connectivity index (χ1) is 8.20. The molecule has 3 heteroatoms. The average molecular weight is 244 g/mol. The van der Waals surface area contributed by atoms with Gasteiger partial charge in [-0.1, -0.05) is 17.7 Å². The van der Waals surface area contributed by atoms with Gasteiger partial charge in [0.2, 0.25) is 0 Å². The Morgan fingerprint density at radius 2 is 2.00 bits per heavy atom. The number of hydrogen-bond acceptors (Lipinski definition) is 3. The molecule has 0 unspecified atom stereocenters. The van der Waals surface area contributed by atoms with E-state index in [1.807, 2.05) is 12.3 Å². The van der Waals surface area contributed by atoms with Crippen molar-refractivity contribution >= 4 is 12.6 Å². The van der Waals surface area contributed by atoms with Crippen LogP contribution in [0.25, 0.3) is 11.3 Å². The number of nitrogens with zero attached hydrogens (tertiary/aromatic N) is 2. The van der Waals surface area contributed by atoms with Gasteiger partial charge in [-0.3, -0.25) is 0 Å². The Hall–Kier alpha value is -1.35. The molecule has 0 aliphatic heterocycles. The molecule has 0 fully saturated rings. The molecule has 1 heterocycles. The number of thiol groups is 1. The highest BCUT2D eigenvalue weighted by Crippen LogP contribution is 2.22. The first-order valence-electron chi connectivity index (χ1n) is 5.71. The third kappa shape index (κ3) is 2.86. The Bertz CT molecular complexity index is 523. The smallest absolute Gasteiger partial charge is 0.129 e. The first-order valence-corrected chi connectivity index (χ1v) is 6.34. The highest BCUT2D eigenvalue weighted by atomic mass is 32.1.